The summed E-state index contributed by atoms with van der Waals surface area (Å²) in [5, 5.41) is 3.22. The van der Waals surface area contributed by atoms with Crippen molar-refractivity contribution >= 4 is 11.7 Å². The summed E-state index contributed by atoms with van der Waals surface area (Å²) in [6.45, 7) is 1.86. The quantitative estimate of drug-likeness (QED) is 0.787. The molecule has 1 N–H and O–H groups in total. The van der Waals surface area contributed by atoms with Crippen LogP contribution in [0.1, 0.15) is 17.9 Å². The number of hydrogen-bond donors (Lipinski definition) is 1. The second-order valence-electron chi connectivity index (χ2n) is 4.44. The van der Waals surface area contributed by atoms with Gasteiger partial charge in [0.25, 0.3) is 0 Å². The van der Waals surface area contributed by atoms with Gasteiger partial charge in [-0.3, -0.25) is 4.79 Å². The van der Waals surface area contributed by atoms with Gasteiger partial charge in [-0.1, -0.05) is 18.2 Å². The SMILES string of the molecule is O=C(OC1CCOC1)C1CNc2ccccc21. The number of ether oxygens (including phenoxy) is 2. The first kappa shape index (κ1) is 10.6. The van der Waals surface area contributed by atoms with Crippen LogP contribution in [0.2, 0.25) is 0 Å². The van der Waals surface area contributed by atoms with E-state index in [2.05, 4.69) is 5.32 Å². The van der Waals surface area contributed by atoms with Gasteiger partial charge in [-0.2, -0.15) is 0 Å². The highest BCUT2D eigenvalue weighted by Crippen LogP contribution is 2.32. The minimum atomic E-state index is -0.174. The topological polar surface area (TPSA) is 47.6 Å². The van der Waals surface area contributed by atoms with E-state index in [0.717, 1.165) is 17.7 Å². The fraction of sp³-hybridized carbons (Fsp3) is 0.462. The maximum atomic E-state index is 12.0. The normalized spacial score (nSPS) is 26.4. The standard InChI is InChI=1S/C13H15NO3/c15-13(17-9-5-6-16-8-9)11-7-14-12-4-2-1-3-10(11)12/h1-4,9,11,14H,5-8H2. The van der Waals surface area contributed by atoms with Gasteiger partial charge >= 0.3 is 5.97 Å². The second-order valence-corrected chi connectivity index (χ2v) is 4.44. The maximum absolute atomic E-state index is 12.0. The van der Waals surface area contributed by atoms with Crippen molar-refractivity contribution in [3.8, 4) is 0 Å². The highest BCUT2D eigenvalue weighted by Gasteiger charge is 2.31. The molecule has 0 amide bonds. The van der Waals surface area contributed by atoms with Gasteiger partial charge in [-0.15, -0.1) is 0 Å². The number of carbonyl (C=O) groups is 1. The van der Waals surface area contributed by atoms with Crippen LogP contribution in [0.4, 0.5) is 5.69 Å². The van der Waals surface area contributed by atoms with Crippen molar-refractivity contribution < 1.29 is 14.3 Å². The van der Waals surface area contributed by atoms with E-state index in [-0.39, 0.29) is 18.0 Å². The first-order valence-electron chi connectivity index (χ1n) is 5.95. The molecule has 1 aromatic carbocycles. The van der Waals surface area contributed by atoms with Crippen LogP contribution < -0.4 is 5.32 Å². The van der Waals surface area contributed by atoms with Gasteiger partial charge in [0.2, 0.25) is 0 Å². The van der Waals surface area contributed by atoms with Crippen LogP contribution in [-0.4, -0.2) is 31.8 Å². The van der Waals surface area contributed by atoms with Crippen molar-refractivity contribution in [3.63, 3.8) is 0 Å². The Morgan fingerprint density at radius 2 is 2.29 bits per heavy atom. The zero-order valence-corrected chi connectivity index (χ0v) is 9.52. The lowest BCUT2D eigenvalue weighted by molar-refractivity contribution is -0.150. The zero-order chi connectivity index (χ0) is 11.7. The molecular formula is C13H15NO3. The van der Waals surface area contributed by atoms with Gasteiger partial charge in [-0.05, 0) is 11.6 Å². The number of hydrogen-bond acceptors (Lipinski definition) is 4. The summed E-state index contributed by atoms with van der Waals surface area (Å²) >= 11 is 0. The molecule has 2 heterocycles. The molecule has 2 atom stereocenters. The van der Waals surface area contributed by atoms with E-state index in [1.54, 1.807) is 0 Å². The Kier molecular flexibility index (Phi) is 2.73. The van der Waals surface area contributed by atoms with Crippen LogP contribution >= 0.6 is 0 Å². The zero-order valence-electron chi connectivity index (χ0n) is 9.52. The van der Waals surface area contributed by atoms with Crippen LogP contribution in [0.3, 0.4) is 0 Å². The Hall–Kier alpha value is -1.55. The van der Waals surface area contributed by atoms with Gasteiger partial charge in [0.05, 0.1) is 13.2 Å². The average molecular weight is 233 g/mol. The molecule has 2 aliphatic heterocycles. The number of para-hydroxylation sites is 1. The number of benzene rings is 1. The lowest BCUT2D eigenvalue weighted by atomic mass is 10.0. The summed E-state index contributed by atoms with van der Waals surface area (Å²) in [7, 11) is 0. The molecule has 4 heteroatoms. The fourth-order valence-corrected chi connectivity index (χ4v) is 2.35. The van der Waals surface area contributed by atoms with Crippen LogP contribution in [0.25, 0.3) is 0 Å². The highest BCUT2D eigenvalue weighted by molar-refractivity contribution is 5.84. The number of esters is 1. The molecule has 0 bridgehead atoms. The molecule has 17 heavy (non-hydrogen) atoms. The van der Waals surface area contributed by atoms with E-state index in [1.807, 2.05) is 24.3 Å². The van der Waals surface area contributed by atoms with Crippen molar-refractivity contribution in [2.45, 2.75) is 18.4 Å². The van der Waals surface area contributed by atoms with Crippen LogP contribution in [0, 0.1) is 0 Å². The highest BCUT2D eigenvalue weighted by atomic mass is 16.6. The molecule has 1 fully saturated rings. The van der Waals surface area contributed by atoms with E-state index < -0.39 is 0 Å². The molecule has 0 spiro atoms. The van der Waals surface area contributed by atoms with E-state index >= 15 is 0 Å². The minimum absolute atomic E-state index is 0.0599. The van der Waals surface area contributed by atoms with Crippen LogP contribution in [0.15, 0.2) is 24.3 Å². The van der Waals surface area contributed by atoms with E-state index in [1.165, 1.54) is 0 Å². The molecular weight excluding hydrogens is 218 g/mol. The lowest BCUT2D eigenvalue weighted by Gasteiger charge is -2.14. The van der Waals surface area contributed by atoms with E-state index in [0.29, 0.717) is 19.8 Å². The number of anilines is 1. The Balaban J connectivity index is 1.71. The fourth-order valence-electron chi connectivity index (χ4n) is 2.35. The number of nitrogens with one attached hydrogen (secondary N) is 1. The Bertz CT molecular complexity index is 426. The molecule has 1 aromatic rings. The third-order valence-corrected chi connectivity index (χ3v) is 3.29. The van der Waals surface area contributed by atoms with Crippen molar-refractivity contribution in [2.75, 3.05) is 25.1 Å². The summed E-state index contributed by atoms with van der Waals surface area (Å²) in [6.07, 6.45) is 0.753. The van der Waals surface area contributed by atoms with E-state index in [9.17, 15) is 4.79 Å². The van der Waals surface area contributed by atoms with Gasteiger partial charge in [0.1, 0.15) is 12.0 Å². The van der Waals surface area contributed by atoms with Crippen molar-refractivity contribution in [1.82, 2.24) is 0 Å². The summed E-state index contributed by atoms with van der Waals surface area (Å²) in [5.74, 6) is -0.315. The molecule has 4 nitrogen and oxygen atoms in total. The van der Waals surface area contributed by atoms with Crippen molar-refractivity contribution in [1.29, 1.82) is 0 Å². The molecule has 2 aliphatic rings. The Morgan fingerprint density at radius 3 is 3.12 bits per heavy atom. The molecule has 3 rings (SSSR count). The van der Waals surface area contributed by atoms with Crippen LogP contribution in [-0.2, 0) is 14.3 Å². The monoisotopic (exact) mass is 233 g/mol. The van der Waals surface area contributed by atoms with Gasteiger partial charge in [0.15, 0.2) is 0 Å². The maximum Gasteiger partial charge on any atom is 0.315 e. The van der Waals surface area contributed by atoms with Gasteiger partial charge in [0, 0.05) is 18.7 Å². The smallest absolute Gasteiger partial charge is 0.315 e. The molecule has 90 valence electrons. The predicted molar refractivity (Wildman–Crippen MR) is 63.0 cm³/mol. The Labute approximate surface area is 99.9 Å². The molecule has 0 saturated carbocycles. The van der Waals surface area contributed by atoms with Gasteiger partial charge in [-0.25, -0.2) is 0 Å². The van der Waals surface area contributed by atoms with Crippen molar-refractivity contribution in [2.24, 2.45) is 0 Å². The largest absolute Gasteiger partial charge is 0.459 e. The molecule has 0 radical (unpaired) electrons. The first-order valence-corrected chi connectivity index (χ1v) is 5.95. The molecule has 0 aliphatic carbocycles. The predicted octanol–water partition coefficient (Wildman–Crippen LogP) is 1.53. The third-order valence-electron chi connectivity index (χ3n) is 3.29. The molecule has 0 aromatic heterocycles. The first-order chi connectivity index (χ1) is 8.34. The van der Waals surface area contributed by atoms with E-state index in [4.69, 9.17) is 9.47 Å². The number of carbonyl (C=O) groups excluding carboxylic acids is 1. The average Bonchev–Trinajstić information content (AvgIpc) is 2.96. The Morgan fingerprint density at radius 1 is 1.41 bits per heavy atom. The summed E-state index contributed by atoms with van der Waals surface area (Å²) in [5.41, 5.74) is 2.08. The lowest BCUT2D eigenvalue weighted by Crippen LogP contribution is -2.24. The second kappa shape index (κ2) is 4.37. The van der Waals surface area contributed by atoms with Crippen LogP contribution in [0.5, 0.6) is 0 Å². The number of fused-ring (bicyclic) bond motifs is 1. The number of rotatable bonds is 2. The third kappa shape index (κ3) is 2.00. The van der Waals surface area contributed by atoms with Crippen molar-refractivity contribution in [3.05, 3.63) is 29.8 Å². The summed E-state index contributed by atoms with van der Waals surface area (Å²) < 4.78 is 10.6. The van der Waals surface area contributed by atoms with Gasteiger partial charge < -0.3 is 14.8 Å². The summed E-state index contributed by atoms with van der Waals surface area (Å²) in [4.78, 5) is 12.0. The molecule has 2 unspecified atom stereocenters. The minimum Gasteiger partial charge on any atom is -0.459 e. The summed E-state index contributed by atoms with van der Waals surface area (Å²) in [6, 6.07) is 7.88. The molecule has 1 saturated heterocycles.